The molecule has 0 bridgehead atoms. The number of benzene rings is 1. The average molecular weight is 246 g/mol. The van der Waals surface area contributed by atoms with Crippen LogP contribution in [0.15, 0.2) is 35.9 Å². The van der Waals surface area contributed by atoms with Gasteiger partial charge in [-0.1, -0.05) is 30.3 Å². The highest BCUT2D eigenvalue weighted by Crippen LogP contribution is 2.30. The Morgan fingerprint density at radius 1 is 1.39 bits per heavy atom. The van der Waals surface area contributed by atoms with Crippen molar-refractivity contribution in [3.63, 3.8) is 0 Å². The van der Waals surface area contributed by atoms with Gasteiger partial charge in [0.15, 0.2) is 0 Å². The minimum absolute atomic E-state index is 0.151. The zero-order valence-corrected chi connectivity index (χ0v) is 10.8. The van der Waals surface area contributed by atoms with Gasteiger partial charge in [0.1, 0.15) is 0 Å². The molecule has 0 aliphatic carbocycles. The molecule has 1 heterocycles. The van der Waals surface area contributed by atoms with Crippen LogP contribution in [0.25, 0.3) is 5.57 Å². The maximum atomic E-state index is 11.4. The third kappa shape index (κ3) is 2.79. The maximum Gasteiger partial charge on any atom is 0.306 e. The number of esters is 1. The summed E-state index contributed by atoms with van der Waals surface area (Å²) >= 11 is 0. The average Bonchev–Trinajstić information content (AvgIpc) is 2.86. The van der Waals surface area contributed by atoms with Crippen molar-refractivity contribution in [3.05, 3.63) is 41.5 Å². The fourth-order valence-electron chi connectivity index (χ4n) is 2.28. The summed E-state index contributed by atoms with van der Waals surface area (Å²) in [6, 6.07) is 10.2. The topological polar surface area (TPSA) is 35.5 Å². The second-order valence-electron chi connectivity index (χ2n) is 4.51. The SMILES string of the molecule is COC(=O)C[C@H]1COC/C1=C(\C)c1ccccc1. The lowest BCUT2D eigenvalue weighted by atomic mass is 9.92. The fourth-order valence-corrected chi connectivity index (χ4v) is 2.28. The van der Waals surface area contributed by atoms with Crippen molar-refractivity contribution < 1.29 is 14.3 Å². The number of carbonyl (C=O) groups excluding carboxylic acids is 1. The predicted octanol–water partition coefficient (Wildman–Crippen LogP) is 2.67. The van der Waals surface area contributed by atoms with Gasteiger partial charge in [0.25, 0.3) is 0 Å². The van der Waals surface area contributed by atoms with Crippen molar-refractivity contribution in [2.45, 2.75) is 13.3 Å². The van der Waals surface area contributed by atoms with Crippen molar-refractivity contribution in [1.82, 2.24) is 0 Å². The molecule has 1 saturated heterocycles. The smallest absolute Gasteiger partial charge is 0.306 e. The summed E-state index contributed by atoms with van der Waals surface area (Å²) in [5.41, 5.74) is 3.61. The van der Waals surface area contributed by atoms with Crippen molar-refractivity contribution in [3.8, 4) is 0 Å². The molecule has 0 unspecified atom stereocenters. The van der Waals surface area contributed by atoms with Gasteiger partial charge in [0.2, 0.25) is 0 Å². The Labute approximate surface area is 107 Å². The second-order valence-corrected chi connectivity index (χ2v) is 4.51. The van der Waals surface area contributed by atoms with E-state index in [1.54, 1.807) is 0 Å². The van der Waals surface area contributed by atoms with Crippen LogP contribution < -0.4 is 0 Å². The molecule has 2 rings (SSSR count). The molecule has 1 aliphatic rings. The largest absolute Gasteiger partial charge is 0.469 e. The Bertz CT molecular complexity index is 448. The van der Waals surface area contributed by atoms with Gasteiger partial charge in [-0.25, -0.2) is 0 Å². The summed E-state index contributed by atoms with van der Waals surface area (Å²) in [6.45, 7) is 3.31. The highest BCUT2D eigenvalue weighted by molar-refractivity contribution is 5.73. The molecular formula is C15H18O3. The Kier molecular flexibility index (Phi) is 4.15. The third-order valence-corrected chi connectivity index (χ3v) is 3.40. The molecule has 0 amide bonds. The molecule has 0 saturated carbocycles. The van der Waals surface area contributed by atoms with Gasteiger partial charge in [0.05, 0.1) is 26.7 Å². The molecule has 0 radical (unpaired) electrons. The van der Waals surface area contributed by atoms with Gasteiger partial charge in [-0.05, 0) is 23.6 Å². The van der Waals surface area contributed by atoms with Crippen molar-refractivity contribution in [1.29, 1.82) is 0 Å². The Hall–Kier alpha value is -1.61. The summed E-state index contributed by atoms with van der Waals surface area (Å²) in [4.78, 5) is 11.4. The zero-order valence-electron chi connectivity index (χ0n) is 10.8. The molecule has 3 heteroatoms. The van der Waals surface area contributed by atoms with Crippen LogP contribution >= 0.6 is 0 Å². The molecule has 96 valence electrons. The molecule has 0 spiro atoms. The highest BCUT2D eigenvalue weighted by Gasteiger charge is 2.26. The molecule has 3 nitrogen and oxygen atoms in total. The summed E-state index contributed by atoms with van der Waals surface area (Å²) in [5, 5.41) is 0. The normalized spacial score (nSPS) is 21.8. The lowest BCUT2D eigenvalue weighted by Crippen LogP contribution is -2.12. The van der Waals surface area contributed by atoms with Crippen LogP contribution in [0.3, 0.4) is 0 Å². The first-order valence-corrected chi connectivity index (χ1v) is 6.12. The summed E-state index contributed by atoms with van der Waals surface area (Å²) in [6.07, 6.45) is 0.399. The number of methoxy groups -OCH3 is 1. The molecular weight excluding hydrogens is 228 g/mol. The minimum atomic E-state index is -0.177. The number of rotatable bonds is 3. The van der Waals surface area contributed by atoms with Gasteiger partial charge < -0.3 is 9.47 Å². The van der Waals surface area contributed by atoms with E-state index >= 15 is 0 Å². The maximum absolute atomic E-state index is 11.4. The summed E-state index contributed by atoms with van der Waals surface area (Å²) < 4.78 is 10.2. The van der Waals surface area contributed by atoms with Crippen molar-refractivity contribution in [2.75, 3.05) is 20.3 Å². The quantitative estimate of drug-likeness (QED) is 0.769. The van der Waals surface area contributed by atoms with E-state index in [4.69, 9.17) is 9.47 Å². The Balaban J connectivity index is 2.22. The first-order chi connectivity index (χ1) is 8.72. The summed E-state index contributed by atoms with van der Waals surface area (Å²) in [7, 11) is 1.42. The lowest BCUT2D eigenvalue weighted by molar-refractivity contribution is -0.141. The van der Waals surface area contributed by atoms with Crippen molar-refractivity contribution in [2.24, 2.45) is 5.92 Å². The van der Waals surface area contributed by atoms with Gasteiger partial charge >= 0.3 is 5.97 Å². The predicted molar refractivity (Wildman–Crippen MR) is 70.0 cm³/mol. The van der Waals surface area contributed by atoms with E-state index in [-0.39, 0.29) is 11.9 Å². The molecule has 18 heavy (non-hydrogen) atoms. The highest BCUT2D eigenvalue weighted by atomic mass is 16.5. The number of hydrogen-bond donors (Lipinski definition) is 0. The van der Waals surface area contributed by atoms with Crippen LogP contribution in [0.5, 0.6) is 0 Å². The van der Waals surface area contributed by atoms with Gasteiger partial charge in [-0.15, -0.1) is 0 Å². The minimum Gasteiger partial charge on any atom is -0.469 e. The van der Waals surface area contributed by atoms with Crippen LogP contribution in [0, 0.1) is 5.92 Å². The number of carbonyl (C=O) groups is 1. The van der Waals surface area contributed by atoms with E-state index in [9.17, 15) is 4.79 Å². The molecule has 0 N–H and O–H groups in total. The van der Waals surface area contributed by atoms with Crippen LogP contribution in [-0.2, 0) is 14.3 Å². The molecule has 1 aliphatic heterocycles. The van der Waals surface area contributed by atoms with Gasteiger partial charge in [-0.2, -0.15) is 0 Å². The molecule has 1 fully saturated rings. The summed E-state index contributed by atoms with van der Waals surface area (Å²) in [5.74, 6) is -0.0264. The standard InChI is InChI=1S/C15H18O3/c1-11(12-6-4-3-5-7-12)14-10-18-9-13(14)8-15(16)17-2/h3-7,13H,8-10H2,1-2H3/b14-11-/t13-/m0/s1. The monoisotopic (exact) mass is 246 g/mol. The van der Waals surface area contributed by atoms with E-state index in [0.717, 1.165) is 0 Å². The van der Waals surface area contributed by atoms with Gasteiger partial charge in [0, 0.05) is 5.92 Å². The number of hydrogen-bond acceptors (Lipinski definition) is 3. The fraction of sp³-hybridized carbons (Fsp3) is 0.400. The van der Waals surface area contributed by atoms with Crippen LogP contribution in [-0.4, -0.2) is 26.3 Å². The Morgan fingerprint density at radius 3 is 2.78 bits per heavy atom. The van der Waals surface area contributed by atoms with E-state index in [1.807, 2.05) is 18.2 Å². The number of allylic oxidation sites excluding steroid dienone is 1. The van der Waals surface area contributed by atoms with Crippen molar-refractivity contribution >= 4 is 11.5 Å². The zero-order chi connectivity index (χ0) is 13.0. The van der Waals surface area contributed by atoms with Crippen LogP contribution in [0.1, 0.15) is 18.9 Å². The van der Waals surface area contributed by atoms with E-state index in [0.29, 0.717) is 19.6 Å². The van der Waals surface area contributed by atoms with E-state index in [2.05, 4.69) is 19.1 Å². The van der Waals surface area contributed by atoms with Gasteiger partial charge in [-0.3, -0.25) is 4.79 Å². The molecule has 1 aromatic rings. The molecule has 1 atom stereocenters. The molecule has 0 aromatic heterocycles. The third-order valence-electron chi connectivity index (χ3n) is 3.40. The second kappa shape index (κ2) is 5.83. The first-order valence-electron chi connectivity index (χ1n) is 6.12. The molecule has 1 aromatic carbocycles. The lowest BCUT2D eigenvalue weighted by Gasteiger charge is -2.12. The van der Waals surface area contributed by atoms with E-state index in [1.165, 1.54) is 23.8 Å². The van der Waals surface area contributed by atoms with Crippen LogP contribution in [0.2, 0.25) is 0 Å². The van der Waals surface area contributed by atoms with E-state index < -0.39 is 0 Å². The Morgan fingerprint density at radius 2 is 2.11 bits per heavy atom. The van der Waals surface area contributed by atoms with Crippen LogP contribution in [0.4, 0.5) is 0 Å². The first kappa shape index (κ1) is 12.8. The number of ether oxygens (including phenoxy) is 2.